The lowest BCUT2D eigenvalue weighted by atomic mass is 9.55. The maximum atomic E-state index is 2.97. The van der Waals surface area contributed by atoms with Crippen molar-refractivity contribution >= 4 is 18.5 Å². The molecule has 0 amide bonds. The molecule has 2 atom stereocenters. The fraction of sp³-hybridized carbons (Fsp3) is 1.00. The van der Waals surface area contributed by atoms with Crippen molar-refractivity contribution in [1.82, 2.24) is 0 Å². The van der Waals surface area contributed by atoms with Gasteiger partial charge in [-0.3, -0.25) is 0 Å². The van der Waals surface area contributed by atoms with Crippen LogP contribution in [0.3, 0.4) is 0 Å². The van der Waals surface area contributed by atoms with E-state index in [2.05, 4.69) is 18.5 Å². The maximum Gasteiger partial charge on any atom is -0.0262 e. The second kappa shape index (κ2) is 3.21. The van der Waals surface area contributed by atoms with Crippen LogP contribution in [0.5, 0.6) is 0 Å². The van der Waals surface area contributed by atoms with Gasteiger partial charge >= 0.3 is 0 Å². The number of hydrogen-bond donors (Lipinski definition) is 0. The molecule has 0 spiro atoms. The van der Waals surface area contributed by atoms with Crippen LogP contribution in [-0.2, 0) is 0 Å². The van der Waals surface area contributed by atoms with Gasteiger partial charge in [-0.2, -0.15) is 0 Å². The first-order valence-corrected chi connectivity index (χ1v) is 6.78. The summed E-state index contributed by atoms with van der Waals surface area (Å²) in [6.07, 6.45) is 11.7. The summed E-state index contributed by atoms with van der Waals surface area (Å²) in [5.74, 6) is 0. The Hall–Kier alpha value is 0.860. The molecule has 70 valence electrons. The third-order valence-corrected chi connectivity index (χ3v) is 6.16. The molecular formula is C10H20P2. The Morgan fingerprint density at radius 1 is 0.667 bits per heavy atom. The van der Waals surface area contributed by atoms with Gasteiger partial charge in [-0.15, -0.1) is 18.5 Å². The molecule has 0 heterocycles. The number of rotatable bonds is 2. The zero-order chi connectivity index (χ0) is 8.66. The molecule has 0 N–H and O–H groups in total. The quantitative estimate of drug-likeness (QED) is 0.604. The minimum Gasteiger partial charge on any atom is -0.137 e. The van der Waals surface area contributed by atoms with Crippen molar-refractivity contribution in [1.29, 1.82) is 0 Å². The lowest BCUT2D eigenvalue weighted by Crippen LogP contribution is -2.43. The highest BCUT2D eigenvalue weighted by molar-refractivity contribution is 7.16. The normalized spacial score (nSPS) is 46.5. The van der Waals surface area contributed by atoms with Gasteiger partial charge in [-0.25, -0.2) is 0 Å². The van der Waals surface area contributed by atoms with E-state index >= 15 is 0 Å². The highest BCUT2D eigenvalue weighted by Gasteiger charge is 2.46. The van der Waals surface area contributed by atoms with Gasteiger partial charge in [0.2, 0.25) is 0 Å². The summed E-state index contributed by atoms with van der Waals surface area (Å²) in [5, 5.41) is 0. The molecule has 2 unspecified atom stereocenters. The first-order valence-electron chi connectivity index (χ1n) is 5.14. The Balaban J connectivity index is 2.09. The standard InChI is InChI=1S/C10H20P2/c11-7-9-1-2-10(8-12,5-3-9)6-4-9/h1-8,11-12H2. The zero-order valence-corrected chi connectivity index (χ0v) is 10.1. The number of hydrogen-bond acceptors (Lipinski definition) is 0. The average molecular weight is 202 g/mol. The summed E-state index contributed by atoms with van der Waals surface area (Å²) >= 11 is 0. The summed E-state index contributed by atoms with van der Waals surface area (Å²) < 4.78 is 0. The molecule has 2 bridgehead atoms. The second-order valence-corrected chi connectivity index (χ2v) is 5.72. The van der Waals surface area contributed by atoms with Gasteiger partial charge in [-0.1, -0.05) is 0 Å². The van der Waals surface area contributed by atoms with Gasteiger partial charge in [0.15, 0.2) is 0 Å². The summed E-state index contributed by atoms with van der Waals surface area (Å²) in [6.45, 7) is 0. The molecule has 12 heavy (non-hydrogen) atoms. The van der Waals surface area contributed by atoms with Gasteiger partial charge in [-0.05, 0) is 61.7 Å². The van der Waals surface area contributed by atoms with Crippen molar-refractivity contribution in [3.8, 4) is 0 Å². The van der Waals surface area contributed by atoms with Gasteiger partial charge in [0.25, 0.3) is 0 Å². The van der Waals surface area contributed by atoms with E-state index < -0.39 is 0 Å². The molecule has 0 nitrogen and oxygen atoms in total. The molecular weight excluding hydrogens is 182 g/mol. The topological polar surface area (TPSA) is 0 Å². The van der Waals surface area contributed by atoms with Crippen LogP contribution in [0.4, 0.5) is 0 Å². The minimum atomic E-state index is 0.756. The molecule has 0 aromatic carbocycles. The molecule has 3 fully saturated rings. The fourth-order valence-electron chi connectivity index (χ4n) is 2.95. The molecule has 3 aliphatic carbocycles. The Morgan fingerprint density at radius 3 is 1.08 bits per heavy atom. The van der Waals surface area contributed by atoms with Crippen LogP contribution in [0, 0.1) is 10.8 Å². The van der Waals surface area contributed by atoms with Crippen molar-refractivity contribution in [2.45, 2.75) is 38.5 Å². The molecule has 0 aliphatic heterocycles. The third-order valence-electron chi connectivity index (χ3n) is 4.42. The summed E-state index contributed by atoms with van der Waals surface area (Å²) in [5.41, 5.74) is 1.51. The highest BCUT2D eigenvalue weighted by Crippen LogP contribution is 2.57. The zero-order valence-electron chi connectivity index (χ0n) is 7.81. The van der Waals surface area contributed by atoms with Crippen molar-refractivity contribution < 1.29 is 0 Å². The van der Waals surface area contributed by atoms with E-state index in [0.29, 0.717) is 0 Å². The monoisotopic (exact) mass is 202 g/mol. The maximum absolute atomic E-state index is 2.97. The van der Waals surface area contributed by atoms with Crippen molar-refractivity contribution in [2.75, 3.05) is 12.3 Å². The lowest BCUT2D eigenvalue weighted by Gasteiger charge is -2.53. The molecule has 3 aliphatic rings. The van der Waals surface area contributed by atoms with E-state index in [-0.39, 0.29) is 0 Å². The van der Waals surface area contributed by atoms with Gasteiger partial charge in [0.1, 0.15) is 0 Å². The molecule has 0 radical (unpaired) electrons. The summed E-state index contributed by atoms with van der Waals surface area (Å²) in [7, 11) is 5.93. The molecule has 0 saturated heterocycles. The largest absolute Gasteiger partial charge is 0.137 e. The van der Waals surface area contributed by atoms with Crippen LogP contribution in [0.25, 0.3) is 0 Å². The smallest absolute Gasteiger partial charge is 0.0262 e. The summed E-state index contributed by atoms with van der Waals surface area (Å²) in [4.78, 5) is 0. The van der Waals surface area contributed by atoms with Crippen LogP contribution in [0.15, 0.2) is 0 Å². The summed E-state index contributed by atoms with van der Waals surface area (Å²) in [6, 6.07) is 0. The molecule has 2 heteroatoms. The van der Waals surface area contributed by atoms with Crippen LogP contribution in [0.2, 0.25) is 0 Å². The van der Waals surface area contributed by atoms with Gasteiger partial charge < -0.3 is 0 Å². The van der Waals surface area contributed by atoms with E-state index in [0.717, 1.165) is 10.8 Å². The molecule has 0 aromatic rings. The Bertz CT molecular complexity index is 132. The SMILES string of the molecule is PCC12CCC(CP)(CC1)CC2. The third kappa shape index (κ3) is 1.36. The number of fused-ring (bicyclic) bond motifs is 3. The first-order chi connectivity index (χ1) is 5.74. The van der Waals surface area contributed by atoms with E-state index in [4.69, 9.17) is 0 Å². The Labute approximate surface area is 80.7 Å². The second-order valence-electron chi connectivity index (χ2n) is 4.91. The molecule has 0 aromatic heterocycles. The predicted molar refractivity (Wildman–Crippen MR) is 61.7 cm³/mol. The van der Waals surface area contributed by atoms with E-state index in [1.165, 1.54) is 50.8 Å². The van der Waals surface area contributed by atoms with Crippen LogP contribution in [-0.4, -0.2) is 12.3 Å². The van der Waals surface area contributed by atoms with Gasteiger partial charge in [0, 0.05) is 0 Å². The van der Waals surface area contributed by atoms with Crippen LogP contribution in [0.1, 0.15) is 38.5 Å². The Kier molecular flexibility index (Phi) is 2.52. The highest BCUT2D eigenvalue weighted by atomic mass is 31.0. The van der Waals surface area contributed by atoms with Crippen LogP contribution < -0.4 is 0 Å². The molecule has 3 rings (SSSR count). The fourth-order valence-corrected chi connectivity index (χ4v) is 4.18. The Morgan fingerprint density at radius 2 is 0.917 bits per heavy atom. The lowest BCUT2D eigenvalue weighted by molar-refractivity contribution is 0.0229. The first kappa shape index (κ1) is 9.42. The van der Waals surface area contributed by atoms with E-state index in [1.54, 1.807) is 0 Å². The predicted octanol–water partition coefficient (Wildman–Crippen LogP) is 3.08. The van der Waals surface area contributed by atoms with Gasteiger partial charge in [0.05, 0.1) is 0 Å². The molecule has 3 saturated carbocycles. The van der Waals surface area contributed by atoms with Crippen LogP contribution >= 0.6 is 18.5 Å². The average Bonchev–Trinajstić information content (AvgIpc) is 2.21. The van der Waals surface area contributed by atoms with Crippen molar-refractivity contribution in [3.63, 3.8) is 0 Å². The van der Waals surface area contributed by atoms with Crippen molar-refractivity contribution in [2.24, 2.45) is 10.8 Å². The minimum absolute atomic E-state index is 0.756. The van der Waals surface area contributed by atoms with Crippen molar-refractivity contribution in [3.05, 3.63) is 0 Å². The van der Waals surface area contributed by atoms with E-state index in [9.17, 15) is 0 Å². The van der Waals surface area contributed by atoms with E-state index in [1.807, 2.05) is 0 Å².